The minimum atomic E-state index is -0.317. The van der Waals surface area contributed by atoms with Crippen molar-refractivity contribution in [1.29, 1.82) is 0 Å². The van der Waals surface area contributed by atoms with Crippen molar-refractivity contribution in [1.82, 2.24) is 9.97 Å². The van der Waals surface area contributed by atoms with Gasteiger partial charge in [-0.25, -0.2) is 20.2 Å². The lowest BCUT2D eigenvalue weighted by atomic mass is 10.3. The second kappa shape index (κ2) is 5.07. The number of hydrogen-bond acceptors (Lipinski definition) is 5. The largest absolute Gasteiger partial charge is 0.340 e. The van der Waals surface area contributed by atoms with Crippen LogP contribution >= 0.6 is 15.9 Å². The van der Waals surface area contributed by atoms with E-state index in [4.69, 9.17) is 5.84 Å². The van der Waals surface area contributed by atoms with Crippen LogP contribution in [0.4, 0.5) is 21.7 Å². The van der Waals surface area contributed by atoms with Crippen LogP contribution in [0.25, 0.3) is 0 Å². The lowest BCUT2D eigenvalue weighted by Gasteiger charge is -2.07. The van der Waals surface area contributed by atoms with Gasteiger partial charge in [0.05, 0.1) is 4.47 Å². The lowest BCUT2D eigenvalue weighted by molar-refractivity contribution is 0.621. The standard InChI is InChI=1S/C10H9BrFN5/c11-7-3-6(1-2-8(7)12)16-9-4-10(17-13)15-5-14-9/h1-5H,13H2,(H2,14,15,16,17). The van der Waals surface area contributed by atoms with Crippen LogP contribution in [0.3, 0.4) is 0 Å². The van der Waals surface area contributed by atoms with Crippen molar-refractivity contribution in [2.24, 2.45) is 5.84 Å². The maximum Gasteiger partial charge on any atom is 0.145 e. The molecule has 0 atom stereocenters. The molecule has 1 aromatic carbocycles. The van der Waals surface area contributed by atoms with Crippen LogP contribution in [-0.2, 0) is 0 Å². The number of rotatable bonds is 3. The highest BCUT2D eigenvalue weighted by Crippen LogP contribution is 2.22. The average Bonchev–Trinajstić information content (AvgIpc) is 2.34. The summed E-state index contributed by atoms with van der Waals surface area (Å²) >= 11 is 3.11. The minimum absolute atomic E-state index is 0.317. The molecule has 0 amide bonds. The van der Waals surface area contributed by atoms with Crippen molar-refractivity contribution in [2.75, 3.05) is 10.7 Å². The molecule has 0 aliphatic rings. The van der Waals surface area contributed by atoms with Gasteiger partial charge in [-0.2, -0.15) is 0 Å². The quantitative estimate of drug-likeness (QED) is 0.599. The number of anilines is 3. The number of benzene rings is 1. The van der Waals surface area contributed by atoms with E-state index in [1.165, 1.54) is 12.4 Å². The van der Waals surface area contributed by atoms with Gasteiger partial charge in [0.2, 0.25) is 0 Å². The lowest BCUT2D eigenvalue weighted by Crippen LogP contribution is -2.09. The number of nitrogens with one attached hydrogen (secondary N) is 2. The van der Waals surface area contributed by atoms with Crippen molar-refractivity contribution in [3.63, 3.8) is 0 Å². The molecular weight excluding hydrogens is 289 g/mol. The molecule has 1 aromatic heterocycles. The first-order chi connectivity index (χ1) is 8.19. The summed E-state index contributed by atoms with van der Waals surface area (Å²) in [4.78, 5) is 7.88. The highest BCUT2D eigenvalue weighted by Gasteiger charge is 2.02. The van der Waals surface area contributed by atoms with Gasteiger partial charge < -0.3 is 10.7 Å². The molecule has 5 nitrogen and oxygen atoms in total. The van der Waals surface area contributed by atoms with Gasteiger partial charge in [-0.1, -0.05) is 0 Å². The molecule has 2 aromatic rings. The number of nitrogens with zero attached hydrogens (tertiary/aromatic N) is 2. The Hall–Kier alpha value is -1.73. The Morgan fingerprint density at radius 3 is 2.65 bits per heavy atom. The zero-order valence-electron chi connectivity index (χ0n) is 8.61. The monoisotopic (exact) mass is 297 g/mol. The molecule has 4 N–H and O–H groups in total. The van der Waals surface area contributed by atoms with Crippen molar-refractivity contribution in [3.8, 4) is 0 Å². The molecule has 0 unspecified atom stereocenters. The Balaban J connectivity index is 2.22. The van der Waals surface area contributed by atoms with Gasteiger partial charge >= 0.3 is 0 Å². The van der Waals surface area contributed by atoms with E-state index in [1.54, 1.807) is 18.2 Å². The van der Waals surface area contributed by atoms with E-state index in [2.05, 4.69) is 36.6 Å². The molecule has 0 saturated carbocycles. The Bertz CT molecular complexity index is 534. The molecule has 0 bridgehead atoms. The Kier molecular flexibility index (Phi) is 3.50. The highest BCUT2D eigenvalue weighted by atomic mass is 79.9. The van der Waals surface area contributed by atoms with Gasteiger partial charge in [0.15, 0.2) is 0 Å². The fourth-order valence-corrected chi connectivity index (χ4v) is 1.61. The SMILES string of the molecule is NNc1cc(Nc2ccc(F)c(Br)c2)ncn1. The van der Waals surface area contributed by atoms with Crippen LogP contribution in [0, 0.1) is 5.82 Å². The molecule has 0 fully saturated rings. The number of aromatic nitrogens is 2. The third kappa shape index (κ3) is 2.89. The summed E-state index contributed by atoms with van der Waals surface area (Å²) < 4.78 is 13.4. The van der Waals surface area contributed by atoms with Gasteiger partial charge in [0.1, 0.15) is 23.8 Å². The van der Waals surface area contributed by atoms with E-state index in [0.717, 1.165) is 0 Å². The van der Waals surface area contributed by atoms with Gasteiger partial charge in [-0.05, 0) is 34.1 Å². The molecule has 0 radical (unpaired) electrons. The third-order valence-corrected chi connectivity index (χ3v) is 2.61. The smallest absolute Gasteiger partial charge is 0.145 e. The van der Waals surface area contributed by atoms with E-state index >= 15 is 0 Å². The molecule has 2 rings (SSSR count). The molecule has 88 valence electrons. The van der Waals surface area contributed by atoms with Crippen molar-refractivity contribution in [2.45, 2.75) is 0 Å². The number of hydrogen-bond donors (Lipinski definition) is 3. The summed E-state index contributed by atoms with van der Waals surface area (Å²) in [7, 11) is 0. The van der Waals surface area contributed by atoms with E-state index in [-0.39, 0.29) is 5.82 Å². The normalized spacial score (nSPS) is 10.1. The van der Waals surface area contributed by atoms with Gasteiger partial charge in [0.25, 0.3) is 0 Å². The number of nitrogen functional groups attached to an aromatic ring is 1. The average molecular weight is 298 g/mol. The molecular formula is C10H9BrFN5. The van der Waals surface area contributed by atoms with Gasteiger partial charge in [-0.15, -0.1) is 0 Å². The number of halogens is 2. The first kappa shape index (κ1) is 11.7. The summed E-state index contributed by atoms with van der Waals surface area (Å²) in [6.45, 7) is 0. The molecule has 17 heavy (non-hydrogen) atoms. The van der Waals surface area contributed by atoms with Gasteiger partial charge in [0, 0.05) is 11.8 Å². The Labute approximate surface area is 105 Å². The van der Waals surface area contributed by atoms with E-state index in [9.17, 15) is 4.39 Å². The molecule has 0 aliphatic heterocycles. The first-order valence-corrected chi connectivity index (χ1v) is 5.49. The summed E-state index contributed by atoms with van der Waals surface area (Å²) in [5.74, 6) is 5.96. The summed E-state index contributed by atoms with van der Waals surface area (Å²) in [6.07, 6.45) is 1.37. The van der Waals surface area contributed by atoms with Crippen molar-refractivity contribution < 1.29 is 4.39 Å². The van der Waals surface area contributed by atoms with Crippen LogP contribution in [0.15, 0.2) is 35.1 Å². The van der Waals surface area contributed by atoms with Crippen LogP contribution in [0.2, 0.25) is 0 Å². The second-order valence-electron chi connectivity index (χ2n) is 3.19. The number of nitrogens with two attached hydrogens (primary N) is 1. The van der Waals surface area contributed by atoms with Crippen molar-refractivity contribution >= 4 is 33.3 Å². The fraction of sp³-hybridized carbons (Fsp3) is 0. The van der Waals surface area contributed by atoms with E-state index < -0.39 is 0 Å². The van der Waals surface area contributed by atoms with E-state index in [1.807, 2.05) is 0 Å². The molecule has 0 spiro atoms. The number of hydrazine groups is 1. The summed E-state index contributed by atoms with van der Waals surface area (Å²) in [5, 5.41) is 3.00. The first-order valence-electron chi connectivity index (χ1n) is 4.70. The van der Waals surface area contributed by atoms with Crippen LogP contribution in [-0.4, -0.2) is 9.97 Å². The molecule has 1 heterocycles. The maximum absolute atomic E-state index is 13.0. The van der Waals surface area contributed by atoms with Crippen molar-refractivity contribution in [3.05, 3.63) is 40.9 Å². The summed E-state index contributed by atoms with van der Waals surface area (Å²) in [6, 6.07) is 6.22. The Morgan fingerprint density at radius 1 is 1.18 bits per heavy atom. The topological polar surface area (TPSA) is 75.9 Å². The molecule has 7 heteroatoms. The highest BCUT2D eigenvalue weighted by molar-refractivity contribution is 9.10. The van der Waals surface area contributed by atoms with E-state index in [0.29, 0.717) is 21.8 Å². The molecule has 0 aliphatic carbocycles. The zero-order chi connectivity index (χ0) is 12.3. The summed E-state index contributed by atoms with van der Waals surface area (Å²) in [5.41, 5.74) is 3.12. The second-order valence-corrected chi connectivity index (χ2v) is 4.04. The fourth-order valence-electron chi connectivity index (χ4n) is 1.23. The van der Waals surface area contributed by atoms with Crippen LogP contribution in [0.1, 0.15) is 0 Å². The van der Waals surface area contributed by atoms with Crippen LogP contribution < -0.4 is 16.6 Å². The van der Waals surface area contributed by atoms with Gasteiger partial charge in [-0.3, -0.25) is 0 Å². The minimum Gasteiger partial charge on any atom is -0.340 e. The van der Waals surface area contributed by atoms with Crippen LogP contribution in [0.5, 0.6) is 0 Å². The maximum atomic E-state index is 13.0. The zero-order valence-corrected chi connectivity index (χ0v) is 10.2. The Morgan fingerprint density at radius 2 is 1.94 bits per heavy atom. The molecule has 0 saturated heterocycles. The predicted molar refractivity (Wildman–Crippen MR) is 67.2 cm³/mol. The predicted octanol–water partition coefficient (Wildman–Crippen LogP) is 2.41. The third-order valence-electron chi connectivity index (χ3n) is 2.01.